The Hall–Kier alpha value is -2.83. The second-order valence-electron chi connectivity index (χ2n) is 7.85. The van der Waals surface area contributed by atoms with Crippen LogP contribution in [-0.4, -0.2) is 56.4 Å². The number of ketones is 1. The number of Topliss-reactive ketones (excluding diaryl/α,β-unsaturated/α-hetero) is 1. The zero-order valence-corrected chi connectivity index (χ0v) is 24.2. The first-order chi connectivity index (χ1) is 17.9. The molecular weight excluding hydrogens is 500 g/mol. The van der Waals surface area contributed by atoms with Crippen LogP contribution in [0.1, 0.15) is 45.0 Å². The summed E-state index contributed by atoms with van der Waals surface area (Å²) in [5, 5.41) is 4.94. The topological polar surface area (TPSA) is 57.7 Å². The standard InChI is InChI=1S/C26H26N2O3S2.2C2H6/c1-3-33(31,25-13-10-21-6-4-5-7-23(21)18-25)28-16-14-27(15-17-28)24-11-8-22(9-12-24)26(30)19-32-20(2)29;2*1-2/h4-13,18H,1,14-17,19H2,2H3;2*1-2H3. The Kier molecular flexibility index (Phi) is 12.2. The van der Waals surface area contributed by atoms with Crippen molar-refractivity contribution in [3.05, 3.63) is 78.9 Å². The molecule has 0 saturated carbocycles. The number of benzene rings is 3. The Morgan fingerprint density at radius 3 is 2.05 bits per heavy atom. The quantitative estimate of drug-likeness (QED) is 0.271. The molecule has 0 amide bonds. The molecule has 0 radical (unpaired) electrons. The van der Waals surface area contributed by atoms with Gasteiger partial charge in [0.05, 0.1) is 10.6 Å². The Labute approximate surface area is 226 Å². The van der Waals surface area contributed by atoms with Crippen molar-refractivity contribution in [2.24, 2.45) is 0 Å². The normalized spacial score (nSPS) is 14.8. The number of hydrogen-bond acceptors (Lipinski definition) is 5. The van der Waals surface area contributed by atoms with E-state index in [1.807, 2.05) is 86.6 Å². The molecule has 7 heteroatoms. The summed E-state index contributed by atoms with van der Waals surface area (Å²) in [6.45, 7) is 15.9. The van der Waals surface area contributed by atoms with Gasteiger partial charge >= 0.3 is 0 Å². The van der Waals surface area contributed by atoms with E-state index >= 15 is 0 Å². The van der Waals surface area contributed by atoms with E-state index < -0.39 is 9.71 Å². The van der Waals surface area contributed by atoms with Gasteiger partial charge in [-0.15, -0.1) is 0 Å². The van der Waals surface area contributed by atoms with Crippen LogP contribution in [0.5, 0.6) is 0 Å². The van der Waals surface area contributed by atoms with Crippen molar-refractivity contribution in [3.8, 4) is 0 Å². The van der Waals surface area contributed by atoms with Gasteiger partial charge in [0.1, 0.15) is 9.71 Å². The number of rotatable bonds is 6. The number of hydrogen-bond donors (Lipinski definition) is 0. The predicted molar refractivity (Wildman–Crippen MR) is 161 cm³/mol. The summed E-state index contributed by atoms with van der Waals surface area (Å²) in [5.41, 5.74) is 1.62. The molecule has 0 bridgehead atoms. The largest absolute Gasteiger partial charge is 0.369 e. The maximum Gasteiger partial charge on any atom is 0.186 e. The molecule has 1 aliphatic rings. The van der Waals surface area contributed by atoms with Gasteiger partial charge < -0.3 is 4.90 Å². The minimum absolute atomic E-state index is 0.0526. The molecule has 0 aromatic heterocycles. The molecule has 1 aliphatic heterocycles. The van der Waals surface area contributed by atoms with Crippen molar-refractivity contribution < 1.29 is 13.8 Å². The molecule has 3 aromatic rings. The van der Waals surface area contributed by atoms with E-state index in [2.05, 4.69) is 16.5 Å². The fourth-order valence-corrected chi connectivity index (χ4v) is 6.34. The first-order valence-electron chi connectivity index (χ1n) is 12.7. The van der Waals surface area contributed by atoms with Gasteiger partial charge in [0.25, 0.3) is 0 Å². The summed E-state index contributed by atoms with van der Waals surface area (Å²) < 4.78 is 15.9. The first-order valence-corrected chi connectivity index (χ1v) is 15.2. The molecule has 0 aliphatic carbocycles. The summed E-state index contributed by atoms with van der Waals surface area (Å²) in [7, 11) is -2.66. The van der Waals surface area contributed by atoms with Crippen LogP contribution >= 0.6 is 11.8 Å². The molecule has 1 fully saturated rings. The molecule has 0 spiro atoms. The van der Waals surface area contributed by atoms with Crippen molar-refractivity contribution in [1.82, 2.24) is 4.31 Å². The van der Waals surface area contributed by atoms with Crippen LogP contribution < -0.4 is 4.90 Å². The van der Waals surface area contributed by atoms with Gasteiger partial charge in [0.2, 0.25) is 0 Å². The Bertz CT molecular complexity index is 1330. The number of nitrogens with zero attached hydrogens (tertiary/aromatic N) is 2. The minimum Gasteiger partial charge on any atom is -0.369 e. The molecule has 0 N–H and O–H groups in total. The highest BCUT2D eigenvalue weighted by Gasteiger charge is 2.26. The van der Waals surface area contributed by atoms with Crippen molar-refractivity contribution in [1.29, 1.82) is 0 Å². The van der Waals surface area contributed by atoms with E-state index in [1.54, 1.807) is 12.1 Å². The molecule has 4 rings (SSSR count). The lowest BCUT2D eigenvalue weighted by Crippen LogP contribution is -2.48. The summed E-state index contributed by atoms with van der Waals surface area (Å²) in [6.07, 6.45) is 0. The summed E-state index contributed by atoms with van der Waals surface area (Å²) in [6, 6.07) is 21.4. The van der Waals surface area contributed by atoms with Crippen LogP contribution in [0, 0.1) is 0 Å². The highest BCUT2D eigenvalue weighted by atomic mass is 32.2. The number of carbonyl (C=O) groups excluding carboxylic acids is 2. The molecule has 1 heterocycles. The first kappa shape index (κ1) is 30.4. The lowest BCUT2D eigenvalue weighted by atomic mass is 10.1. The number of fused-ring (bicyclic) bond motifs is 1. The molecule has 198 valence electrons. The Morgan fingerprint density at radius 2 is 1.49 bits per heavy atom. The van der Waals surface area contributed by atoms with Crippen LogP contribution in [0.15, 0.2) is 78.2 Å². The van der Waals surface area contributed by atoms with Crippen molar-refractivity contribution in [2.45, 2.75) is 39.5 Å². The van der Waals surface area contributed by atoms with Gasteiger partial charge in [0.15, 0.2) is 10.9 Å². The molecule has 1 saturated heterocycles. The van der Waals surface area contributed by atoms with Gasteiger partial charge in [-0.2, -0.15) is 0 Å². The summed E-state index contributed by atoms with van der Waals surface area (Å²) in [5.74, 6) is 0.109. The lowest BCUT2D eigenvalue weighted by Gasteiger charge is -2.37. The maximum atomic E-state index is 13.9. The summed E-state index contributed by atoms with van der Waals surface area (Å²) in [4.78, 5) is 26.2. The maximum absolute atomic E-state index is 13.9. The van der Waals surface area contributed by atoms with E-state index in [0.29, 0.717) is 31.7 Å². The van der Waals surface area contributed by atoms with Crippen molar-refractivity contribution in [3.63, 3.8) is 0 Å². The second kappa shape index (κ2) is 14.8. The van der Waals surface area contributed by atoms with E-state index in [-0.39, 0.29) is 16.7 Å². The minimum atomic E-state index is -2.66. The molecule has 5 nitrogen and oxygen atoms in total. The van der Waals surface area contributed by atoms with E-state index in [0.717, 1.165) is 33.1 Å². The number of piperazine rings is 1. The monoisotopic (exact) mass is 538 g/mol. The SMILES string of the molecule is C=C=S(=O)(c1ccc2ccccc2c1)N1CCN(c2ccc(C(=O)CSC(C)=O)cc2)CC1.CC.CC. The van der Waals surface area contributed by atoms with Crippen molar-refractivity contribution >= 4 is 53.9 Å². The highest BCUT2D eigenvalue weighted by Crippen LogP contribution is 2.25. The van der Waals surface area contributed by atoms with Crippen LogP contribution in [0.2, 0.25) is 0 Å². The molecule has 3 aromatic carbocycles. The van der Waals surface area contributed by atoms with Gasteiger partial charge in [0, 0.05) is 44.4 Å². The summed E-state index contributed by atoms with van der Waals surface area (Å²) >= 11 is 1.03. The molecule has 1 atom stereocenters. The van der Waals surface area contributed by atoms with Crippen LogP contribution in [0.3, 0.4) is 0 Å². The third kappa shape index (κ3) is 7.59. The highest BCUT2D eigenvalue weighted by molar-refractivity contribution is 8.14. The molecule has 1 unspecified atom stereocenters. The van der Waals surface area contributed by atoms with Gasteiger partial charge in [-0.1, -0.05) is 69.8 Å². The zero-order chi connectivity index (χ0) is 27.4. The number of anilines is 1. The van der Waals surface area contributed by atoms with Crippen LogP contribution in [-0.2, 0) is 14.5 Å². The van der Waals surface area contributed by atoms with Crippen LogP contribution in [0.4, 0.5) is 5.69 Å². The van der Waals surface area contributed by atoms with Crippen LogP contribution in [0.25, 0.3) is 10.8 Å². The second-order valence-corrected chi connectivity index (χ2v) is 11.3. The fraction of sp³-hybridized carbons (Fsp3) is 0.333. The third-order valence-corrected chi connectivity index (χ3v) is 8.99. The molecule has 37 heavy (non-hydrogen) atoms. The van der Waals surface area contributed by atoms with E-state index in [1.165, 1.54) is 6.92 Å². The zero-order valence-electron chi connectivity index (χ0n) is 22.5. The third-order valence-electron chi connectivity index (χ3n) is 5.80. The van der Waals surface area contributed by atoms with Gasteiger partial charge in [-0.25, -0.2) is 8.51 Å². The lowest BCUT2D eigenvalue weighted by molar-refractivity contribution is -0.109. The molecular formula is C30H38N2O3S2. The van der Waals surface area contributed by atoms with Gasteiger partial charge in [-0.3, -0.25) is 9.59 Å². The van der Waals surface area contributed by atoms with Crippen molar-refractivity contribution in [2.75, 3.05) is 36.8 Å². The average Bonchev–Trinajstić information content (AvgIpc) is 2.97. The fourth-order valence-electron chi connectivity index (χ4n) is 3.98. The number of thioether (sulfide) groups is 1. The predicted octanol–water partition coefficient (Wildman–Crippen LogP) is 6.32. The average molecular weight is 539 g/mol. The van der Waals surface area contributed by atoms with E-state index in [4.69, 9.17) is 0 Å². The smallest absolute Gasteiger partial charge is 0.186 e. The Balaban J connectivity index is 0.00000115. The van der Waals surface area contributed by atoms with E-state index in [9.17, 15) is 13.8 Å². The Morgan fingerprint density at radius 1 is 0.892 bits per heavy atom. The number of carbonyl (C=O) groups is 2. The van der Waals surface area contributed by atoms with Gasteiger partial charge in [-0.05, 0) is 58.8 Å².